The summed E-state index contributed by atoms with van der Waals surface area (Å²) in [7, 11) is 1.58. The van der Waals surface area contributed by atoms with Gasteiger partial charge in [0.2, 0.25) is 0 Å². The van der Waals surface area contributed by atoms with Crippen LogP contribution in [0.3, 0.4) is 0 Å². The van der Waals surface area contributed by atoms with Gasteiger partial charge in [-0.2, -0.15) is 0 Å². The van der Waals surface area contributed by atoms with Gasteiger partial charge in [0.25, 0.3) is 5.91 Å². The Labute approximate surface area is 170 Å². The van der Waals surface area contributed by atoms with Crippen molar-refractivity contribution < 1.29 is 14.6 Å². The van der Waals surface area contributed by atoms with Crippen LogP contribution in [0.1, 0.15) is 22.4 Å². The van der Waals surface area contributed by atoms with Crippen LogP contribution in [0.25, 0.3) is 0 Å². The Kier molecular flexibility index (Phi) is 5.07. The van der Waals surface area contributed by atoms with Crippen LogP contribution in [-0.4, -0.2) is 29.7 Å². The first-order chi connectivity index (χ1) is 14.0. The van der Waals surface area contributed by atoms with Gasteiger partial charge in [-0.3, -0.25) is 9.78 Å². The molecule has 0 saturated heterocycles. The Morgan fingerprint density at radius 1 is 1.10 bits per heavy atom. The van der Waals surface area contributed by atoms with Crippen molar-refractivity contribution in [1.82, 2.24) is 4.98 Å². The third kappa shape index (κ3) is 3.61. The standard InChI is InChI=1S/C24H24N2O3/c1-17-8-11-22-21(14-17)24(28,15-19-9-10-20(29-2)16-25-19)23(27)26(22)13-12-18-6-4-3-5-7-18/h3-11,14,16,28H,12-13,15H2,1-2H3. The van der Waals surface area contributed by atoms with Crippen molar-refractivity contribution in [3.05, 3.63) is 89.2 Å². The molecule has 1 amide bonds. The molecule has 29 heavy (non-hydrogen) atoms. The number of ether oxygens (including phenoxy) is 1. The number of anilines is 1. The number of carbonyl (C=O) groups is 1. The minimum atomic E-state index is -1.63. The van der Waals surface area contributed by atoms with Crippen LogP contribution in [0.5, 0.6) is 5.75 Å². The van der Waals surface area contributed by atoms with E-state index >= 15 is 0 Å². The monoisotopic (exact) mass is 388 g/mol. The summed E-state index contributed by atoms with van der Waals surface area (Å²) < 4.78 is 5.15. The highest BCUT2D eigenvalue weighted by Gasteiger charge is 2.49. The van der Waals surface area contributed by atoms with Crippen molar-refractivity contribution in [3.8, 4) is 5.75 Å². The van der Waals surface area contributed by atoms with Gasteiger partial charge in [-0.25, -0.2) is 0 Å². The van der Waals surface area contributed by atoms with Crippen LogP contribution in [0, 0.1) is 6.92 Å². The number of methoxy groups -OCH3 is 1. The van der Waals surface area contributed by atoms with Gasteiger partial charge >= 0.3 is 0 Å². The number of aliphatic hydroxyl groups is 1. The number of fused-ring (bicyclic) bond motifs is 1. The lowest BCUT2D eigenvalue weighted by molar-refractivity contribution is -0.136. The van der Waals surface area contributed by atoms with E-state index in [4.69, 9.17) is 4.74 Å². The molecule has 1 atom stereocenters. The normalized spacial score (nSPS) is 18.0. The molecule has 4 rings (SSSR count). The number of hydrogen-bond donors (Lipinski definition) is 1. The van der Waals surface area contributed by atoms with Crippen LogP contribution >= 0.6 is 0 Å². The third-order valence-corrected chi connectivity index (χ3v) is 5.42. The summed E-state index contributed by atoms with van der Waals surface area (Å²) in [4.78, 5) is 19.4. The Bertz CT molecular complexity index is 1020. The summed E-state index contributed by atoms with van der Waals surface area (Å²) in [5.74, 6) is 0.339. The number of hydrogen-bond acceptors (Lipinski definition) is 4. The predicted molar refractivity (Wildman–Crippen MR) is 112 cm³/mol. The van der Waals surface area contributed by atoms with E-state index in [0.29, 0.717) is 23.6 Å². The van der Waals surface area contributed by atoms with Crippen molar-refractivity contribution in [1.29, 1.82) is 0 Å². The van der Waals surface area contributed by atoms with Gasteiger partial charge in [0.15, 0.2) is 5.60 Å². The molecule has 1 unspecified atom stereocenters. The minimum absolute atomic E-state index is 0.119. The summed E-state index contributed by atoms with van der Waals surface area (Å²) in [6.07, 6.45) is 2.44. The van der Waals surface area contributed by atoms with E-state index in [9.17, 15) is 9.90 Å². The average Bonchev–Trinajstić information content (AvgIpc) is 2.94. The fraction of sp³-hybridized carbons (Fsp3) is 0.250. The van der Waals surface area contributed by atoms with Crippen LogP contribution in [0.2, 0.25) is 0 Å². The molecule has 1 N–H and O–H groups in total. The topological polar surface area (TPSA) is 62.7 Å². The number of nitrogens with zero attached hydrogens (tertiary/aromatic N) is 2. The average molecular weight is 388 g/mol. The van der Waals surface area contributed by atoms with E-state index in [2.05, 4.69) is 4.98 Å². The zero-order chi connectivity index (χ0) is 20.4. The van der Waals surface area contributed by atoms with Gasteiger partial charge in [-0.15, -0.1) is 0 Å². The largest absolute Gasteiger partial charge is 0.495 e. The van der Waals surface area contributed by atoms with Crippen molar-refractivity contribution in [3.63, 3.8) is 0 Å². The van der Waals surface area contributed by atoms with Gasteiger partial charge in [0.05, 0.1) is 19.0 Å². The third-order valence-electron chi connectivity index (χ3n) is 5.42. The number of aryl methyl sites for hydroxylation is 1. The Balaban J connectivity index is 1.65. The fourth-order valence-corrected chi connectivity index (χ4v) is 3.84. The second-order valence-corrected chi connectivity index (χ2v) is 7.44. The van der Waals surface area contributed by atoms with E-state index < -0.39 is 5.60 Å². The molecule has 3 aromatic rings. The van der Waals surface area contributed by atoms with E-state index in [1.165, 1.54) is 0 Å². The Morgan fingerprint density at radius 2 is 1.90 bits per heavy atom. The molecular weight excluding hydrogens is 364 g/mol. The highest BCUT2D eigenvalue weighted by atomic mass is 16.5. The summed E-state index contributed by atoms with van der Waals surface area (Å²) in [5.41, 5.74) is 2.59. The summed E-state index contributed by atoms with van der Waals surface area (Å²) in [6.45, 7) is 2.47. The number of pyridine rings is 1. The molecule has 0 spiro atoms. The molecule has 2 heterocycles. The first kappa shape index (κ1) is 19.2. The van der Waals surface area contributed by atoms with Crippen molar-refractivity contribution in [2.24, 2.45) is 0 Å². The summed E-state index contributed by atoms with van der Waals surface area (Å²) in [6, 6.07) is 19.4. The highest BCUT2D eigenvalue weighted by molar-refractivity contribution is 6.07. The van der Waals surface area contributed by atoms with Crippen molar-refractivity contribution >= 4 is 11.6 Å². The smallest absolute Gasteiger partial charge is 0.264 e. The molecule has 148 valence electrons. The lowest BCUT2D eigenvalue weighted by atomic mass is 9.89. The van der Waals surface area contributed by atoms with E-state index in [0.717, 1.165) is 23.2 Å². The van der Waals surface area contributed by atoms with Gasteiger partial charge in [0, 0.05) is 24.2 Å². The molecule has 1 aliphatic heterocycles. The fourth-order valence-electron chi connectivity index (χ4n) is 3.84. The van der Waals surface area contributed by atoms with Gasteiger partial charge in [0.1, 0.15) is 5.75 Å². The molecule has 0 saturated carbocycles. The molecule has 0 bridgehead atoms. The van der Waals surface area contributed by atoms with Crippen LogP contribution in [-0.2, 0) is 23.2 Å². The highest BCUT2D eigenvalue weighted by Crippen LogP contribution is 2.42. The first-order valence-electron chi connectivity index (χ1n) is 9.69. The van der Waals surface area contributed by atoms with Gasteiger partial charge in [-0.1, -0.05) is 48.0 Å². The molecule has 5 heteroatoms. The lowest BCUT2D eigenvalue weighted by Crippen LogP contribution is -2.42. The summed E-state index contributed by atoms with van der Waals surface area (Å²) >= 11 is 0. The number of aromatic nitrogens is 1. The molecule has 2 aromatic carbocycles. The molecule has 0 radical (unpaired) electrons. The van der Waals surface area contributed by atoms with Gasteiger partial charge in [-0.05, 0) is 37.1 Å². The second kappa shape index (κ2) is 7.68. The maximum absolute atomic E-state index is 13.4. The molecule has 1 aliphatic rings. The molecule has 0 aliphatic carbocycles. The molecule has 1 aromatic heterocycles. The minimum Gasteiger partial charge on any atom is -0.495 e. The maximum Gasteiger partial charge on any atom is 0.264 e. The maximum atomic E-state index is 13.4. The summed E-state index contributed by atoms with van der Waals surface area (Å²) in [5, 5.41) is 11.5. The Hall–Kier alpha value is -3.18. The number of carbonyl (C=O) groups excluding carboxylic acids is 1. The van der Waals surface area contributed by atoms with Crippen molar-refractivity contribution in [2.75, 3.05) is 18.6 Å². The zero-order valence-electron chi connectivity index (χ0n) is 16.6. The van der Waals surface area contributed by atoms with E-state index in [1.54, 1.807) is 30.3 Å². The quantitative estimate of drug-likeness (QED) is 0.703. The van der Waals surface area contributed by atoms with E-state index in [1.807, 2.05) is 55.5 Å². The van der Waals surface area contributed by atoms with Gasteiger partial charge < -0.3 is 14.7 Å². The molecular formula is C24H24N2O3. The SMILES string of the molecule is COc1ccc(CC2(O)C(=O)N(CCc3ccccc3)c3ccc(C)cc32)nc1. The van der Waals surface area contributed by atoms with Crippen LogP contribution in [0.4, 0.5) is 5.69 Å². The number of rotatable bonds is 6. The van der Waals surface area contributed by atoms with Crippen molar-refractivity contribution in [2.45, 2.75) is 25.4 Å². The van der Waals surface area contributed by atoms with Crippen LogP contribution in [0.15, 0.2) is 66.9 Å². The predicted octanol–water partition coefficient (Wildman–Crippen LogP) is 3.42. The van der Waals surface area contributed by atoms with Crippen LogP contribution < -0.4 is 9.64 Å². The molecule has 5 nitrogen and oxygen atoms in total. The lowest BCUT2D eigenvalue weighted by Gasteiger charge is -2.23. The second-order valence-electron chi connectivity index (χ2n) is 7.44. The zero-order valence-corrected chi connectivity index (χ0v) is 16.6. The number of amides is 1. The Morgan fingerprint density at radius 3 is 2.59 bits per heavy atom. The first-order valence-corrected chi connectivity index (χ1v) is 9.69. The molecule has 0 fully saturated rings. The number of benzene rings is 2. The van der Waals surface area contributed by atoms with E-state index in [-0.39, 0.29) is 12.3 Å².